The van der Waals surface area contributed by atoms with Crippen molar-refractivity contribution in [3.05, 3.63) is 0 Å². The molecule has 0 saturated heterocycles. The van der Waals surface area contributed by atoms with Crippen LogP contribution in [0.25, 0.3) is 0 Å². The minimum Gasteiger partial charge on any atom is -1.00 e. The van der Waals surface area contributed by atoms with Gasteiger partial charge in [0.25, 0.3) is 10.1 Å². The molecule has 0 unspecified atom stereocenters. The number of hydrogen-bond donors (Lipinski definition) is 2. The van der Waals surface area contributed by atoms with Crippen molar-refractivity contribution in [2.45, 2.75) is 0 Å². The van der Waals surface area contributed by atoms with Crippen LogP contribution in [-0.2, 0) is 19.8 Å². The van der Waals surface area contributed by atoms with E-state index in [1.54, 1.807) is 0 Å². The predicted molar refractivity (Wildman–Crippen MR) is 27.4 cm³/mol. The van der Waals surface area contributed by atoms with E-state index < -0.39 is 21.8 Å². The van der Waals surface area contributed by atoms with Gasteiger partial charge in [0, 0.05) is 0 Å². The Bertz CT molecular complexity index is 205. The molecule has 0 atom stereocenters. The summed E-state index contributed by atoms with van der Waals surface area (Å²) in [5, 5.41) is 7.47. The third-order valence-corrected chi connectivity index (χ3v) is 1.00. The summed E-state index contributed by atoms with van der Waals surface area (Å²) < 4.78 is 27.4. The van der Waals surface area contributed by atoms with Gasteiger partial charge in [-0.2, -0.15) is 13.7 Å². The van der Waals surface area contributed by atoms with Crippen molar-refractivity contribution in [2.24, 2.45) is 0 Å². The van der Waals surface area contributed by atoms with Crippen LogP contribution in [0.15, 0.2) is 0 Å². The summed E-state index contributed by atoms with van der Waals surface area (Å²) in [6.07, 6.45) is 0. The minimum atomic E-state index is -4.37. The predicted octanol–water partition coefficient (Wildman–Crippen LogP) is -6.88. The standard InChI is InChI=1S/C2H4O6S.2Li.2H/c3-2(8-4)1-9(5,6)7;;;;/h4H,1H2,(H,5,6,7);;;;/q;2*+1;2*-1. The zero-order chi connectivity index (χ0) is 7.49. The second-order valence-corrected chi connectivity index (χ2v) is 2.64. The molecule has 11 heavy (non-hydrogen) atoms. The van der Waals surface area contributed by atoms with Gasteiger partial charge in [0.05, 0.1) is 0 Å². The smallest absolute Gasteiger partial charge is 1.00 e. The van der Waals surface area contributed by atoms with Gasteiger partial charge >= 0.3 is 43.7 Å². The molecule has 0 amide bonds. The van der Waals surface area contributed by atoms with E-state index in [1.807, 2.05) is 0 Å². The van der Waals surface area contributed by atoms with Gasteiger partial charge in [0.2, 0.25) is 0 Å². The SMILES string of the molecule is O=C(CS(=O)(=O)O)OO.[H-].[H-].[Li+].[Li+]. The van der Waals surface area contributed by atoms with Crippen LogP contribution in [0.5, 0.6) is 0 Å². The molecule has 0 aliphatic rings. The largest absolute Gasteiger partial charge is 1.00 e. The van der Waals surface area contributed by atoms with Crippen LogP contribution in [0.1, 0.15) is 2.85 Å². The van der Waals surface area contributed by atoms with Gasteiger partial charge in [-0.15, -0.1) is 0 Å². The molecular weight excluding hydrogens is 166 g/mol. The molecule has 0 spiro atoms. The molecule has 0 aliphatic heterocycles. The van der Waals surface area contributed by atoms with Crippen molar-refractivity contribution in [3.8, 4) is 0 Å². The Morgan fingerprint density at radius 3 is 1.91 bits per heavy atom. The normalized spacial score (nSPS) is 8.91. The Morgan fingerprint density at radius 2 is 1.82 bits per heavy atom. The van der Waals surface area contributed by atoms with E-state index in [4.69, 9.17) is 9.81 Å². The maximum Gasteiger partial charge on any atom is 1.00 e. The Hall–Kier alpha value is 0.535. The first-order chi connectivity index (χ1) is 3.95. The van der Waals surface area contributed by atoms with E-state index >= 15 is 0 Å². The fourth-order valence-electron chi connectivity index (χ4n) is 0.175. The van der Waals surface area contributed by atoms with E-state index in [0.29, 0.717) is 0 Å². The van der Waals surface area contributed by atoms with Crippen LogP contribution >= 0.6 is 0 Å². The molecule has 58 valence electrons. The Morgan fingerprint density at radius 1 is 1.45 bits per heavy atom. The maximum absolute atomic E-state index is 9.82. The first kappa shape index (κ1) is 17.6. The summed E-state index contributed by atoms with van der Waals surface area (Å²) in [4.78, 5) is 12.8. The average Bonchev–Trinajstić information content (AvgIpc) is 1.62. The zero-order valence-electron chi connectivity index (χ0n) is 8.14. The van der Waals surface area contributed by atoms with Crippen LogP contribution < -0.4 is 37.7 Å². The van der Waals surface area contributed by atoms with E-state index in [-0.39, 0.29) is 40.6 Å². The van der Waals surface area contributed by atoms with Crippen LogP contribution in [0.2, 0.25) is 0 Å². The maximum atomic E-state index is 9.82. The van der Waals surface area contributed by atoms with Crippen molar-refractivity contribution >= 4 is 16.1 Å². The van der Waals surface area contributed by atoms with Crippen molar-refractivity contribution in [2.75, 3.05) is 5.75 Å². The molecule has 6 nitrogen and oxygen atoms in total. The molecule has 0 saturated carbocycles. The molecule has 0 radical (unpaired) electrons. The Labute approximate surface area is 90.3 Å². The summed E-state index contributed by atoms with van der Waals surface area (Å²) in [6, 6.07) is 0. The van der Waals surface area contributed by atoms with Crippen LogP contribution in [0.3, 0.4) is 0 Å². The summed E-state index contributed by atoms with van der Waals surface area (Å²) in [6.45, 7) is 0. The average molecular weight is 172 g/mol. The van der Waals surface area contributed by atoms with Gasteiger partial charge in [-0.05, 0) is 0 Å². The minimum absolute atomic E-state index is 0. The number of hydrogen-bond acceptors (Lipinski definition) is 5. The first-order valence-electron chi connectivity index (χ1n) is 1.75. The molecular formula is C2H6Li2O6S. The molecule has 0 heterocycles. The van der Waals surface area contributed by atoms with Crippen LogP contribution in [0, 0.1) is 0 Å². The second-order valence-electron chi connectivity index (χ2n) is 1.19. The van der Waals surface area contributed by atoms with Crippen molar-refractivity contribution in [3.63, 3.8) is 0 Å². The molecule has 9 heteroatoms. The quantitative estimate of drug-likeness (QED) is 0.186. The third-order valence-electron chi connectivity index (χ3n) is 0.402. The van der Waals surface area contributed by atoms with Gasteiger partial charge in [-0.1, -0.05) is 0 Å². The topological polar surface area (TPSA) is 101 Å². The summed E-state index contributed by atoms with van der Waals surface area (Å²) in [5.74, 6) is -2.65. The van der Waals surface area contributed by atoms with Crippen molar-refractivity contribution in [1.29, 1.82) is 0 Å². The Balaban J connectivity index is -0.0000000533. The van der Waals surface area contributed by atoms with Gasteiger partial charge in [-0.25, -0.2) is 4.79 Å². The number of rotatable bonds is 2. The van der Waals surface area contributed by atoms with Crippen molar-refractivity contribution < 1.29 is 68.5 Å². The fraction of sp³-hybridized carbons (Fsp3) is 0.500. The van der Waals surface area contributed by atoms with E-state index in [1.165, 1.54) is 0 Å². The first-order valence-corrected chi connectivity index (χ1v) is 3.36. The number of carbonyl (C=O) groups is 1. The zero-order valence-corrected chi connectivity index (χ0v) is 6.96. The van der Waals surface area contributed by atoms with Crippen LogP contribution in [0.4, 0.5) is 0 Å². The van der Waals surface area contributed by atoms with Crippen molar-refractivity contribution in [1.82, 2.24) is 0 Å². The van der Waals surface area contributed by atoms with Crippen LogP contribution in [-0.4, -0.2) is 29.9 Å². The summed E-state index contributed by atoms with van der Waals surface area (Å²) in [7, 11) is -4.37. The van der Waals surface area contributed by atoms with Gasteiger partial charge in [-0.3, -0.25) is 9.44 Å². The molecule has 0 rings (SSSR count). The summed E-state index contributed by atoms with van der Waals surface area (Å²) >= 11 is 0. The molecule has 0 bridgehead atoms. The molecule has 0 aromatic heterocycles. The fourth-order valence-corrected chi connectivity index (χ4v) is 0.526. The number of carbonyl (C=O) groups excluding carboxylic acids is 1. The molecule has 0 fully saturated rings. The molecule has 0 aliphatic carbocycles. The third kappa shape index (κ3) is 13.5. The monoisotopic (exact) mass is 172 g/mol. The van der Waals surface area contributed by atoms with E-state index in [2.05, 4.69) is 4.89 Å². The van der Waals surface area contributed by atoms with Gasteiger partial charge in [0.15, 0.2) is 5.75 Å². The summed E-state index contributed by atoms with van der Waals surface area (Å²) in [5.41, 5.74) is 0. The Kier molecular flexibility index (Phi) is 11.5. The molecule has 2 N–H and O–H groups in total. The van der Waals surface area contributed by atoms with E-state index in [9.17, 15) is 13.2 Å². The molecule has 0 aromatic rings. The molecule has 0 aromatic carbocycles. The van der Waals surface area contributed by atoms with Gasteiger partial charge < -0.3 is 2.85 Å². The van der Waals surface area contributed by atoms with Gasteiger partial charge in [0.1, 0.15) is 0 Å². The van der Waals surface area contributed by atoms with E-state index in [0.717, 1.165) is 0 Å². The second kappa shape index (κ2) is 7.20.